The molecule has 2 aliphatic rings. The Morgan fingerprint density at radius 3 is 3.00 bits per heavy atom. The van der Waals surface area contributed by atoms with Crippen LogP contribution >= 0.6 is 23.5 Å². The van der Waals surface area contributed by atoms with Crippen LogP contribution in [0, 0.1) is 0 Å². The van der Waals surface area contributed by atoms with Gasteiger partial charge >= 0.3 is 0 Å². The minimum absolute atomic E-state index is 0.596. The summed E-state index contributed by atoms with van der Waals surface area (Å²) < 4.78 is 0.596. The minimum atomic E-state index is 0.596. The summed E-state index contributed by atoms with van der Waals surface area (Å²) in [5, 5.41) is 4.68. The van der Waals surface area contributed by atoms with E-state index in [-0.39, 0.29) is 0 Å². The Morgan fingerprint density at radius 1 is 1.38 bits per heavy atom. The van der Waals surface area contributed by atoms with Gasteiger partial charge in [0, 0.05) is 6.54 Å². The average molecular weight is 211 g/mol. The van der Waals surface area contributed by atoms with Crippen LogP contribution in [0.15, 0.2) is 33.7 Å². The van der Waals surface area contributed by atoms with Crippen LogP contribution in [0.5, 0.6) is 0 Å². The van der Waals surface area contributed by atoms with Gasteiger partial charge in [-0.05, 0) is 30.4 Å². The van der Waals surface area contributed by atoms with Gasteiger partial charge in [-0.1, -0.05) is 23.9 Å². The smallest absolute Gasteiger partial charge is 0.0857 e. The molecule has 2 rings (SSSR count). The molecule has 1 N–H and O–H groups in total. The Labute approximate surface area is 87.7 Å². The third-order valence-electron chi connectivity index (χ3n) is 1.96. The highest BCUT2D eigenvalue weighted by Gasteiger charge is 2.24. The summed E-state index contributed by atoms with van der Waals surface area (Å²) in [4.78, 5) is 1.41. The van der Waals surface area contributed by atoms with Crippen LogP contribution in [0.2, 0.25) is 0 Å². The fourth-order valence-electron chi connectivity index (χ4n) is 1.34. The molecule has 70 valence electrons. The summed E-state index contributed by atoms with van der Waals surface area (Å²) in [7, 11) is 0. The van der Waals surface area contributed by atoms with Crippen LogP contribution in [0.1, 0.15) is 13.8 Å². The number of hydrogen-bond donors (Lipinski definition) is 1. The molecule has 0 aromatic carbocycles. The first-order chi connectivity index (χ1) is 6.29. The lowest BCUT2D eigenvalue weighted by molar-refractivity contribution is 0.906. The van der Waals surface area contributed by atoms with Gasteiger partial charge in [-0.15, -0.1) is 11.8 Å². The Bertz CT molecular complexity index is 302. The van der Waals surface area contributed by atoms with E-state index in [1.54, 1.807) is 0 Å². The second kappa shape index (κ2) is 3.84. The van der Waals surface area contributed by atoms with Crippen LogP contribution in [0.4, 0.5) is 0 Å². The molecule has 0 saturated carbocycles. The predicted octanol–water partition coefficient (Wildman–Crippen LogP) is 3.09. The summed E-state index contributed by atoms with van der Waals surface area (Å²) in [5.74, 6) is 0. The molecule has 2 heterocycles. The summed E-state index contributed by atoms with van der Waals surface area (Å²) in [6, 6.07) is 0. The molecule has 0 aromatic rings. The number of fused-ring (bicyclic) bond motifs is 1. The summed E-state index contributed by atoms with van der Waals surface area (Å²) in [5.41, 5.74) is 1.44. The van der Waals surface area contributed by atoms with E-state index in [0.29, 0.717) is 4.58 Å². The van der Waals surface area contributed by atoms with E-state index in [4.69, 9.17) is 0 Å². The van der Waals surface area contributed by atoms with Gasteiger partial charge in [-0.3, -0.25) is 0 Å². The molecule has 3 heteroatoms. The van der Waals surface area contributed by atoms with E-state index in [9.17, 15) is 0 Å². The van der Waals surface area contributed by atoms with Crippen molar-refractivity contribution in [2.75, 3.05) is 6.54 Å². The molecule has 0 radical (unpaired) electrons. The molecular weight excluding hydrogens is 198 g/mol. The van der Waals surface area contributed by atoms with E-state index in [1.165, 1.54) is 15.5 Å². The highest BCUT2D eigenvalue weighted by atomic mass is 32.2. The van der Waals surface area contributed by atoms with Crippen molar-refractivity contribution in [2.45, 2.75) is 18.4 Å². The molecule has 0 spiro atoms. The number of rotatable bonds is 2. The second-order valence-corrected chi connectivity index (χ2v) is 5.85. The van der Waals surface area contributed by atoms with Crippen LogP contribution in [-0.2, 0) is 0 Å². The predicted molar refractivity (Wildman–Crippen MR) is 62.6 cm³/mol. The molecule has 0 fully saturated rings. The molecule has 1 nitrogen and oxygen atoms in total. The van der Waals surface area contributed by atoms with E-state index in [1.807, 2.05) is 23.5 Å². The molecule has 2 aliphatic heterocycles. The van der Waals surface area contributed by atoms with Crippen molar-refractivity contribution in [1.82, 2.24) is 5.32 Å². The lowest BCUT2D eigenvalue weighted by atomic mass is 10.2. The SMILES string of the molecule is CCNC1=CC2=CC=C(C)SC2S1. The zero-order valence-corrected chi connectivity index (χ0v) is 9.47. The van der Waals surface area contributed by atoms with Crippen LogP contribution in [0.3, 0.4) is 0 Å². The highest BCUT2D eigenvalue weighted by molar-refractivity contribution is 8.21. The first kappa shape index (κ1) is 9.28. The van der Waals surface area contributed by atoms with Gasteiger partial charge in [-0.25, -0.2) is 0 Å². The van der Waals surface area contributed by atoms with Gasteiger partial charge in [0.1, 0.15) is 0 Å². The van der Waals surface area contributed by atoms with E-state index in [0.717, 1.165) is 6.54 Å². The average Bonchev–Trinajstić information content (AvgIpc) is 2.46. The van der Waals surface area contributed by atoms with Crippen molar-refractivity contribution in [3.05, 3.63) is 33.7 Å². The minimum Gasteiger partial charge on any atom is -0.380 e. The van der Waals surface area contributed by atoms with Crippen LogP contribution < -0.4 is 5.32 Å². The van der Waals surface area contributed by atoms with Crippen molar-refractivity contribution in [1.29, 1.82) is 0 Å². The van der Waals surface area contributed by atoms with Gasteiger partial charge in [0.2, 0.25) is 0 Å². The van der Waals surface area contributed by atoms with Gasteiger partial charge in [-0.2, -0.15) is 0 Å². The lowest BCUT2D eigenvalue weighted by Gasteiger charge is -2.15. The molecule has 1 atom stereocenters. The van der Waals surface area contributed by atoms with E-state index >= 15 is 0 Å². The summed E-state index contributed by atoms with van der Waals surface area (Å²) in [6.45, 7) is 5.31. The molecule has 0 aliphatic carbocycles. The van der Waals surface area contributed by atoms with Gasteiger partial charge in [0.25, 0.3) is 0 Å². The molecule has 1 unspecified atom stereocenters. The Kier molecular flexibility index (Phi) is 2.74. The topological polar surface area (TPSA) is 12.0 Å². The standard InChI is InChI=1S/C10H13NS2/c1-3-11-9-6-8-5-4-7(2)12-10(8)13-9/h4-6,10-11H,3H2,1-2H3. The molecule has 0 saturated heterocycles. The fraction of sp³-hybridized carbons (Fsp3) is 0.400. The first-order valence-electron chi connectivity index (χ1n) is 4.47. The lowest BCUT2D eigenvalue weighted by Crippen LogP contribution is -2.08. The van der Waals surface area contributed by atoms with Crippen LogP contribution in [-0.4, -0.2) is 11.1 Å². The zero-order valence-electron chi connectivity index (χ0n) is 7.83. The van der Waals surface area contributed by atoms with Crippen molar-refractivity contribution in [2.24, 2.45) is 0 Å². The molecule has 0 bridgehead atoms. The van der Waals surface area contributed by atoms with Gasteiger partial charge < -0.3 is 5.32 Å². The number of hydrogen-bond acceptors (Lipinski definition) is 3. The Balaban J connectivity index is 2.12. The van der Waals surface area contributed by atoms with Crippen molar-refractivity contribution >= 4 is 23.5 Å². The summed E-state index contributed by atoms with van der Waals surface area (Å²) in [6.07, 6.45) is 6.69. The van der Waals surface area contributed by atoms with Crippen molar-refractivity contribution in [3.63, 3.8) is 0 Å². The van der Waals surface area contributed by atoms with E-state index < -0.39 is 0 Å². The quantitative estimate of drug-likeness (QED) is 0.754. The maximum atomic E-state index is 3.36. The monoisotopic (exact) mass is 211 g/mol. The molecule has 13 heavy (non-hydrogen) atoms. The fourth-order valence-corrected chi connectivity index (χ4v) is 4.02. The molecule has 0 amide bonds. The second-order valence-electron chi connectivity index (χ2n) is 3.05. The normalized spacial score (nSPS) is 26.0. The zero-order chi connectivity index (χ0) is 9.26. The number of allylic oxidation sites excluding steroid dienone is 4. The molecular formula is C10H13NS2. The summed E-state index contributed by atoms with van der Waals surface area (Å²) >= 11 is 3.88. The van der Waals surface area contributed by atoms with Crippen molar-refractivity contribution in [3.8, 4) is 0 Å². The van der Waals surface area contributed by atoms with Gasteiger partial charge in [0.05, 0.1) is 9.61 Å². The maximum Gasteiger partial charge on any atom is 0.0857 e. The highest BCUT2D eigenvalue weighted by Crippen LogP contribution is 2.46. The largest absolute Gasteiger partial charge is 0.380 e. The maximum absolute atomic E-state index is 3.36. The number of nitrogens with one attached hydrogen (secondary N) is 1. The Hall–Kier alpha value is -0.280. The number of thioether (sulfide) groups is 2. The van der Waals surface area contributed by atoms with Crippen molar-refractivity contribution < 1.29 is 0 Å². The van der Waals surface area contributed by atoms with Crippen LogP contribution in [0.25, 0.3) is 0 Å². The van der Waals surface area contributed by atoms with Gasteiger partial charge in [0.15, 0.2) is 0 Å². The van der Waals surface area contributed by atoms with E-state index in [2.05, 4.69) is 37.4 Å². The third-order valence-corrected chi connectivity index (χ3v) is 4.53. The molecule has 0 aromatic heterocycles. The third kappa shape index (κ3) is 1.97. The Morgan fingerprint density at radius 2 is 2.23 bits per heavy atom. The first-order valence-corrected chi connectivity index (χ1v) is 6.23.